The van der Waals surface area contributed by atoms with Crippen molar-refractivity contribution in [2.75, 3.05) is 19.6 Å². The molecule has 0 saturated carbocycles. The second-order valence-electron chi connectivity index (χ2n) is 5.28. The maximum atomic E-state index is 12.3. The van der Waals surface area contributed by atoms with E-state index in [9.17, 15) is 4.79 Å². The van der Waals surface area contributed by atoms with Gasteiger partial charge in [0.2, 0.25) is 17.6 Å². The molecule has 3 heterocycles. The van der Waals surface area contributed by atoms with Gasteiger partial charge in [-0.1, -0.05) is 5.16 Å². The third kappa shape index (κ3) is 4.53. The predicted molar refractivity (Wildman–Crippen MR) is 94.9 cm³/mol. The minimum absolute atomic E-state index is 0. The Balaban J connectivity index is 0.00000192. The first-order chi connectivity index (χ1) is 10.6. The molecule has 1 N–H and O–H groups in total. The van der Waals surface area contributed by atoms with E-state index in [-0.39, 0.29) is 24.4 Å². The fourth-order valence-corrected chi connectivity index (χ4v) is 3.81. The SMILES string of the molecule is CC1CNCCN1C(=O)CCc1nc(-c2cc(Br)cs2)no1.Cl. The van der Waals surface area contributed by atoms with Crippen molar-refractivity contribution in [1.82, 2.24) is 20.4 Å². The van der Waals surface area contributed by atoms with Gasteiger partial charge < -0.3 is 14.7 Å². The van der Waals surface area contributed by atoms with E-state index < -0.39 is 0 Å². The monoisotopic (exact) mass is 420 g/mol. The molecule has 2 aromatic rings. The summed E-state index contributed by atoms with van der Waals surface area (Å²) in [5.41, 5.74) is 0. The summed E-state index contributed by atoms with van der Waals surface area (Å²) < 4.78 is 6.24. The van der Waals surface area contributed by atoms with Gasteiger partial charge in [-0.2, -0.15) is 4.98 Å². The quantitative estimate of drug-likeness (QED) is 0.822. The number of carbonyl (C=O) groups excluding carboxylic acids is 1. The number of hydrogen-bond donors (Lipinski definition) is 1. The molecular weight excluding hydrogens is 404 g/mol. The van der Waals surface area contributed by atoms with Crippen LogP contribution in [0.25, 0.3) is 10.7 Å². The van der Waals surface area contributed by atoms with Gasteiger partial charge in [0.05, 0.1) is 4.88 Å². The molecule has 1 unspecified atom stereocenters. The summed E-state index contributed by atoms with van der Waals surface area (Å²) in [7, 11) is 0. The number of halogens is 2. The number of amides is 1. The summed E-state index contributed by atoms with van der Waals surface area (Å²) >= 11 is 4.95. The molecule has 126 valence electrons. The smallest absolute Gasteiger partial charge is 0.227 e. The van der Waals surface area contributed by atoms with Gasteiger partial charge >= 0.3 is 0 Å². The highest BCUT2D eigenvalue weighted by Gasteiger charge is 2.23. The van der Waals surface area contributed by atoms with Crippen molar-refractivity contribution in [1.29, 1.82) is 0 Å². The summed E-state index contributed by atoms with van der Waals surface area (Å²) in [6, 6.07) is 2.19. The van der Waals surface area contributed by atoms with Crippen LogP contribution in [0.3, 0.4) is 0 Å². The van der Waals surface area contributed by atoms with Crippen LogP contribution in [0, 0.1) is 0 Å². The Morgan fingerprint density at radius 1 is 1.61 bits per heavy atom. The van der Waals surface area contributed by atoms with Gasteiger partial charge in [0.25, 0.3) is 0 Å². The van der Waals surface area contributed by atoms with E-state index in [1.165, 1.54) is 0 Å². The first-order valence-electron chi connectivity index (χ1n) is 7.20. The molecule has 6 nitrogen and oxygen atoms in total. The first kappa shape index (κ1) is 18.4. The molecule has 9 heteroatoms. The first-order valence-corrected chi connectivity index (χ1v) is 8.88. The van der Waals surface area contributed by atoms with Gasteiger partial charge in [0.15, 0.2) is 0 Å². The summed E-state index contributed by atoms with van der Waals surface area (Å²) in [6.45, 7) is 4.53. The Labute approximate surface area is 153 Å². The highest BCUT2D eigenvalue weighted by atomic mass is 79.9. The third-order valence-corrected chi connectivity index (χ3v) is 5.32. The molecule has 0 aromatic carbocycles. The molecule has 1 aliphatic rings. The number of hydrogen-bond acceptors (Lipinski definition) is 6. The van der Waals surface area contributed by atoms with E-state index in [1.54, 1.807) is 11.3 Å². The van der Waals surface area contributed by atoms with Gasteiger partial charge in [-0.15, -0.1) is 23.7 Å². The van der Waals surface area contributed by atoms with Crippen LogP contribution in [-0.2, 0) is 11.2 Å². The van der Waals surface area contributed by atoms with E-state index in [0.717, 1.165) is 29.0 Å². The summed E-state index contributed by atoms with van der Waals surface area (Å²) in [5, 5.41) is 9.23. The largest absolute Gasteiger partial charge is 0.339 e. The van der Waals surface area contributed by atoms with Crippen LogP contribution in [0.15, 0.2) is 20.4 Å². The second kappa shape index (κ2) is 8.23. The van der Waals surface area contributed by atoms with Crippen molar-refractivity contribution in [2.45, 2.75) is 25.8 Å². The van der Waals surface area contributed by atoms with Crippen molar-refractivity contribution in [3.8, 4) is 10.7 Å². The number of nitrogens with zero attached hydrogens (tertiary/aromatic N) is 3. The molecule has 0 aliphatic carbocycles. The Kier molecular flexibility index (Phi) is 6.58. The molecule has 3 rings (SSSR count). The Morgan fingerprint density at radius 3 is 3.13 bits per heavy atom. The molecule has 0 radical (unpaired) electrons. The third-order valence-electron chi connectivity index (χ3n) is 3.63. The molecule has 1 aliphatic heterocycles. The molecule has 2 aromatic heterocycles. The number of nitrogens with one attached hydrogen (secondary N) is 1. The lowest BCUT2D eigenvalue weighted by Crippen LogP contribution is -2.52. The average Bonchev–Trinajstić information content (AvgIpc) is 3.14. The molecule has 1 saturated heterocycles. The normalized spacial score (nSPS) is 17.8. The fraction of sp³-hybridized carbons (Fsp3) is 0.500. The van der Waals surface area contributed by atoms with Crippen molar-refractivity contribution < 1.29 is 9.32 Å². The van der Waals surface area contributed by atoms with E-state index in [4.69, 9.17) is 4.52 Å². The lowest BCUT2D eigenvalue weighted by molar-refractivity contribution is -0.134. The number of piperazine rings is 1. The highest BCUT2D eigenvalue weighted by Crippen LogP contribution is 2.27. The van der Waals surface area contributed by atoms with Gasteiger partial charge in [-0.3, -0.25) is 4.79 Å². The van der Waals surface area contributed by atoms with E-state index in [0.29, 0.717) is 24.6 Å². The lowest BCUT2D eigenvalue weighted by Gasteiger charge is -2.34. The van der Waals surface area contributed by atoms with E-state index in [1.807, 2.05) is 16.3 Å². The molecule has 1 atom stereocenters. The van der Waals surface area contributed by atoms with Crippen LogP contribution < -0.4 is 5.32 Å². The van der Waals surface area contributed by atoms with E-state index >= 15 is 0 Å². The standard InChI is InChI=1S/C14H17BrN4O2S.ClH/c1-9-7-16-4-5-19(9)13(20)3-2-12-17-14(18-21-12)11-6-10(15)8-22-11;/h6,8-9,16H,2-5,7H2,1H3;1H. The zero-order chi connectivity index (χ0) is 15.5. The predicted octanol–water partition coefficient (Wildman–Crippen LogP) is 2.74. The molecule has 23 heavy (non-hydrogen) atoms. The molecule has 1 amide bonds. The number of aryl methyl sites for hydroxylation is 1. The van der Waals surface area contributed by atoms with Crippen LogP contribution in [0.2, 0.25) is 0 Å². The van der Waals surface area contributed by atoms with E-state index in [2.05, 4.69) is 38.3 Å². The molecular formula is C14H18BrClN4O2S. The Hall–Kier alpha value is -0.960. The van der Waals surface area contributed by atoms with Crippen molar-refractivity contribution >= 4 is 45.6 Å². The van der Waals surface area contributed by atoms with Crippen LogP contribution in [0.5, 0.6) is 0 Å². The number of thiophene rings is 1. The highest BCUT2D eigenvalue weighted by molar-refractivity contribution is 9.10. The summed E-state index contributed by atoms with van der Waals surface area (Å²) in [5.74, 6) is 1.23. The Bertz CT molecular complexity index is 663. The van der Waals surface area contributed by atoms with Crippen molar-refractivity contribution in [3.63, 3.8) is 0 Å². The maximum Gasteiger partial charge on any atom is 0.227 e. The summed E-state index contributed by atoms with van der Waals surface area (Å²) in [4.78, 5) is 19.5. The van der Waals surface area contributed by atoms with Crippen LogP contribution in [-0.4, -0.2) is 46.6 Å². The Morgan fingerprint density at radius 2 is 2.43 bits per heavy atom. The number of rotatable bonds is 4. The van der Waals surface area contributed by atoms with Gasteiger partial charge in [-0.05, 0) is 28.9 Å². The minimum atomic E-state index is 0. The minimum Gasteiger partial charge on any atom is -0.339 e. The molecule has 1 fully saturated rings. The van der Waals surface area contributed by atoms with Gasteiger partial charge in [0.1, 0.15) is 0 Å². The number of carbonyl (C=O) groups is 1. The van der Waals surface area contributed by atoms with Gasteiger partial charge in [-0.25, -0.2) is 0 Å². The van der Waals surface area contributed by atoms with Crippen LogP contribution in [0.4, 0.5) is 0 Å². The number of aromatic nitrogens is 2. The lowest BCUT2D eigenvalue weighted by atomic mass is 10.2. The zero-order valence-corrected chi connectivity index (χ0v) is 15.8. The zero-order valence-electron chi connectivity index (χ0n) is 12.6. The second-order valence-corrected chi connectivity index (χ2v) is 7.11. The van der Waals surface area contributed by atoms with Gasteiger partial charge in [0, 0.05) is 48.4 Å². The average molecular weight is 422 g/mol. The summed E-state index contributed by atoms with van der Waals surface area (Å²) in [6.07, 6.45) is 0.884. The van der Waals surface area contributed by atoms with Crippen molar-refractivity contribution in [2.24, 2.45) is 0 Å². The fourth-order valence-electron chi connectivity index (χ4n) is 2.46. The maximum absolute atomic E-state index is 12.3. The molecule has 0 spiro atoms. The van der Waals surface area contributed by atoms with Crippen molar-refractivity contribution in [3.05, 3.63) is 21.8 Å². The van der Waals surface area contributed by atoms with Crippen LogP contribution in [0.1, 0.15) is 19.2 Å². The topological polar surface area (TPSA) is 71.3 Å². The molecule has 0 bridgehead atoms. The van der Waals surface area contributed by atoms with Crippen LogP contribution >= 0.6 is 39.7 Å².